The summed E-state index contributed by atoms with van der Waals surface area (Å²) in [5.41, 5.74) is 0. The average molecular weight is 383 g/mol. The molecule has 0 bridgehead atoms. The molecule has 0 atom stereocenters. The summed E-state index contributed by atoms with van der Waals surface area (Å²) in [5.74, 6) is 0.983. The molecule has 0 amide bonds. The molecule has 0 aromatic heterocycles. The number of hydrogen-bond donors (Lipinski definition) is 0. The quantitative estimate of drug-likeness (QED) is 0.678. The van der Waals surface area contributed by atoms with Crippen molar-refractivity contribution < 1.29 is 28.0 Å². The van der Waals surface area contributed by atoms with Crippen LogP contribution in [-0.4, -0.2) is 0 Å². The van der Waals surface area contributed by atoms with Gasteiger partial charge in [0, 0.05) is 0 Å². The van der Waals surface area contributed by atoms with Gasteiger partial charge in [0.1, 0.15) is 0 Å². The summed E-state index contributed by atoms with van der Waals surface area (Å²) >= 11 is 3.34. The number of halogens is 3. The number of hydrogen-bond acceptors (Lipinski definition) is 1. The molecule has 0 heterocycles. The normalized spacial score (nSPS) is 7.27. The Morgan fingerprint density at radius 3 is 2.09 bits per heavy atom. The van der Waals surface area contributed by atoms with E-state index in [1.54, 1.807) is 0 Å². The first-order valence-corrected chi connectivity index (χ1v) is 4.51. The summed E-state index contributed by atoms with van der Waals surface area (Å²) in [6, 6.07) is 7.97. The Labute approximate surface area is 108 Å². The Balaban J connectivity index is 0. The van der Waals surface area contributed by atoms with Gasteiger partial charge in [-0.15, -0.1) is 24.8 Å². The van der Waals surface area contributed by atoms with E-state index < -0.39 is 0 Å². The average Bonchev–Trinajstić information content (AvgIpc) is 1.89. The summed E-state index contributed by atoms with van der Waals surface area (Å²) < 4.78 is 6.30. The molecule has 0 fully saturated rings. The molecule has 0 aliphatic heterocycles. The van der Waals surface area contributed by atoms with Gasteiger partial charge < -0.3 is 0 Å². The van der Waals surface area contributed by atoms with Gasteiger partial charge in [0.25, 0.3) is 0 Å². The van der Waals surface area contributed by atoms with Crippen molar-refractivity contribution in [2.45, 2.75) is 0 Å². The maximum atomic E-state index is 5.13. The van der Waals surface area contributed by atoms with Crippen LogP contribution in [0.25, 0.3) is 0 Å². The van der Waals surface area contributed by atoms with Crippen molar-refractivity contribution in [1.29, 1.82) is 0 Å². The number of benzene rings is 1. The van der Waals surface area contributed by atoms with Crippen molar-refractivity contribution in [2.24, 2.45) is 0 Å². The minimum absolute atomic E-state index is 0. The van der Waals surface area contributed by atoms with Gasteiger partial charge in [-0.2, -0.15) is 0 Å². The van der Waals surface area contributed by atoms with E-state index in [0.29, 0.717) is 0 Å². The monoisotopic (exact) mass is 381 g/mol. The molecule has 0 aliphatic rings. The summed E-state index contributed by atoms with van der Waals surface area (Å²) in [6.45, 7) is 0. The molecule has 0 spiro atoms. The van der Waals surface area contributed by atoms with Crippen molar-refractivity contribution >= 4 is 47.4 Å². The SMILES string of the molecule is Cl.Cl.[Zr][O]c1ccccc1I. The van der Waals surface area contributed by atoms with Crippen LogP contribution in [0.2, 0.25) is 0 Å². The fraction of sp³-hybridized carbons (Fsp3) is 0. The Morgan fingerprint density at radius 2 is 1.73 bits per heavy atom. The molecular weight excluding hydrogens is 377 g/mol. The van der Waals surface area contributed by atoms with Gasteiger partial charge in [-0.1, -0.05) is 0 Å². The van der Waals surface area contributed by atoms with Crippen LogP contribution in [0, 0.1) is 3.57 Å². The van der Waals surface area contributed by atoms with Crippen LogP contribution in [0.5, 0.6) is 5.75 Å². The zero-order valence-electron chi connectivity index (χ0n) is 5.41. The second-order valence-electron chi connectivity index (χ2n) is 1.53. The third kappa shape index (κ3) is 4.71. The van der Waals surface area contributed by atoms with Crippen LogP contribution in [0.4, 0.5) is 0 Å². The first-order valence-electron chi connectivity index (χ1n) is 2.42. The molecule has 0 radical (unpaired) electrons. The summed E-state index contributed by atoms with van der Waals surface area (Å²) in [6.07, 6.45) is 0. The number of para-hydroxylation sites is 1. The molecular formula is C6H6Cl2IOZr. The van der Waals surface area contributed by atoms with E-state index in [2.05, 4.69) is 22.6 Å². The number of rotatable bonds is 1. The molecule has 61 valence electrons. The second-order valence-corrected chi connectivity index (χ2v) is 3.20. The third-order valence-corrected chi connectivity index (χ3v) is 2.38. The molecule has 5 heteroatoms. The van der Waals surface area contributed by atoms with E-state index in [4.69, 9.17) is 2.81 Å². The van der Waals surface area contributed by atoms with Crippen LogP contribution in [0.1, 0.15) is 0 Å². The van der Waals surface area contributed by atoms with E-state index >= 15 is 0 Å². The van der Waals surface area contributed by atoms with E-state index in [0.717, 1.165) is 30.9 Å². The van der Waals surface area contributed by atoms with Gasteiger partial charge in [0.15, 0.2) is 0 Å². The van der Waals surface area contributed by atoms with Crippen LogP contribution in [0.3, 0.4) is 0 Å². The first kappa shape index (κ1) is 14.7. The fourth-order valence-corrected chi connectivity index (χ4v) is 1.97. The van der Waals surface area contributed by atoms with Crippen molar-refractivity contribution in [3.8, 4) is 5.75 Å². The summed E-state index contributed by atoms with van der Waals surface area (Å²) in [4.78, 5) is 0. The molecule has 0 unspecified atom stereocenters. The molecule has 1 rings (SSSR count). The Hall–Kier alpha value is 1.21. The fourth-order valence-electron chi connectivity index (χ4n) is 0.528. The van der Waals surface area contributed by atoms with Gasteiger partial charge in [-0.3, -0.25) is 0 Å². The molecule has 11 heavy (non-hydrogen) atoms. The Morgan fingerprint density at radius 1 is 1.18 bits per heavy atom. The summed E-state index contributed by atoms with van der Waals surface area (Å²) in [5, 5.41) is 0. The Bertz CT molecular complexity index is 210. The van der Waals surface area contributed by atoms with Crippen LogP contribution >= 0.6 is 47.4 Å². The molecule has 0 saturated heterocycles. The van der Waals surface area contributed by atoms with Crippen LogP contribution in [-0.2, 0) is 25.2 Å². The zero-order valence-corrected chi connectivity index (χ0v) is 11.7. The molecule has 1 aromatic rings. The van der Waals surface area contributed by atoms with Crippen molar-refractivity contribution in [1.82, 2.24) is 0 Å². The minimum atomic E-state index is 0. The summed E-state index contributed by atoms with van der Waals surface area (Å²) in [7, 11) is 0. The first-order chi connectivity index (χ1) is 4.34. The van der Waals surface area contributed by atoms with E-state index in [9.17, 15) is 0 Å². The predicted molar refractivity (Wildman–Crippen MR) is 54.3 cm³/mol. The van der Waals surface area contributed by atoms with Crippen molar-refractivity contribution in [2.75, 3.05) is 0 Å². The van der Waals surface area contributed by atoms with Gasteiger partial charge in [0.2, 0.25) is 0 Å². The second kappa shape index (κ2) is 7.84. The molecule has 1 aromatic carbocycles. The Kier molecular flexibility index (Phi) is 10.5. The van der Waals surface area contributed by atoms with Crippen LogP contribution in [0.15, 0.2) is 24.3 Å². The zero-order chi connectivity index (χ0) is 6.69. The predicted octanol–water partition coefficient (Wildman–Crippen LogP) is 2.98. The standard InChI is InChI=1S/C6H5IO.2ClH.Zr/c7-5-3-1-2-4-6(5)8;;;/h1-4,8H;2*1H;/q;;;+1/p-1. The van der Waals surface area contributed by atoms with Crippen molar-refractivity contribution in [3.63, 3.8) is 0 Å². The van der Waals surface area contributed by atoms with E-state index in [-0.39, 0.29) is 24.8 Å². The molecule has 1 nitrogen and oxygen atoms in total. The van der Waals surface area contributed by atoms with Gasteiger partial charge in [0.05, 0.1) is 0 Å². The molecule has 0 N–H and O–H groups in total. The van der Waals surface area contributed by atoms with E-state index in [1.807, 2.05) is 24.3 Å². The van der Waals surface area contributed by atoms with Crippen molar-refractivity contribution in [3.05, 3.63) is 27.8 Å². The molecule has 0 aliphatic carbocycles. The van der Waals surface area contributed by atoms with Gasteiger partial charge in [-0.25, -0.2) is 0 Å². The van der Waals surface area contributed by atoms with E-state index in [1.165, 1.54) is 3.57 Å². The topological polar surface area (TPSA) is 9.23 Å². The van der Waals surface area contributed by atoms with Gasteiger partial charge in [-0.05, 0) is 0 Å². The van der Waals surface area contributed by atoms with Crippen LogP contribution < -0.4 is 2.81 Å². The molecule has 0 saturated carbocycles. The maximum absolute atomic E-state index is 5.13. The van der Waals surface area contributed by atoms with Gasteiger partial charge >= 0.3 is 84.1 Å². The third-order valence-electron chi connectivity index (χ3n) is 0.947.